The quantitative estimate of drug-likeness (QED) is 0.371. The van der Waals surface area contributed by atoms with Gasteiger partial charge in [-0.2, -0.15) is 0 Å². The Morgan fingerprint density at radius 3 is 1.40 bits per heavy atom. The maximum absolute atomic E-state index is 10.9. The zero-order valence-corrected chi connectivity index (χ0v) is 8.87. The molecule has 5 heteroatoms. The molecule has 0 saturated heterocycles. The van der Waals surface area contributed by atoms with Gasteiger partial charge in [0.15, 0.2) is 0 Å². The predicted molar refractivity (Wildman–Crippen MR) is 50.9 cm³/mol. The molecule has 0 bridgehead atoms. The molecule has 5 nitrogen and oxygen atoms in total. The Hall–Kier alpha value is -1.52. The minimum Gasteiger partial charge on any atom is -0.381 e. The molecule has 0 aliphatic heterocycles. The van der Waals surface area contributed by atoms with Crippen molar-refractivity contribution in [3.05, 3.63) is 0 Å². The summed E-state index contributed by atoms with van der Waals surface area (Å²) in [5, 5.41) is 0. The molecule has 0 N–H and O–H groups in total. The maximum atomic E-state index is 10.9. The van der Waals surface area contributed by atoms with Crippen molar-refractivity contribution in [2.45, 2.75) is 39.5 Å². The molecule has 0 aromatic rings. The third-order valence-corrected chi connectivity index (χ3v) is 1.59. The van der Waals surface area contributed by atoms with Crippen molar-refractivity contribution in [2.24, 2.45) is 0 Å². The van der Waals surface area contributed by atoms with Crippen LogP contribution in [0.5, 0.6) is 0 Å². The van der Waals surface area contributed by atoms with E-state index >= 15 is 0 Å². The second kappa shape index (κ2) is 6.86. The summed E-state index contributed by atoms with van der Waals surface area (Å²) < 4.78 is 4.10. The summed E-state index contributed by atoms with van der Waals surface area (Å²) in [7, 11) is 0. The van der Waals surface area contributed by atoms with Crippen molar-refractivity contribution in [2.75, 3.05) is 0 Å². The first-order valence-corrected chi connectivity index (χ1v) is 4.85. The van der Waals surface area contributed by atoms with Crippen LogP contribution in [0, 0.1) is 0 Å². The average Bonchev–Trinajstić information content (AvgIpc) is 2.18. The van der Waals surface area contributed by atoms with E-state index in [1.54, 1.807) is 13.8 Å². The zero-order valence-electron chi connectivity index (χ0n) is 8.87. The molecule has 0 spiro atoms. The van der Waals surface area contributed by atoms with Gasteiger partial charge in [-0.15, -0.1) is 0 Å². The summed E-state index contributed by atoms with van der Waals surface area (Å²) in [5.74, 6) is -4.05. The van der Waals surface area contributed by atoms with Gasteiger partial charge in [0.2, 0.25) is 11.6 Å². The van der Waals surface area contributed by atoms with Gasteiger partial charge >= 0.3 is 11.9 Å². The molecule has 0 amide bonds. The number of Topliss-reactive ketones (excluding diaryl/α,β-unsaturated/α-hetero) is 2. The zero-order chi connectivity index (χ0) is 11.8. The highest BCUT2D eigenvalue weighted by Gasteiger charge is 2.22. The molecule has 0 radical (unpaired) electrons. The van der Waals surface area contributed by atoms with Crippen molar-refractivity contribution >= 4 is 23.5 Å². The van der Waals surface area contributed by atoms with Crippen molar-refractivity contribution < 1.29 is 23.9 Å². The lowest BCUT2D eigenvalue weighted by Crippen LogP contribution is -2.25. The summed E-state index contributed by atoms with van der Waals surface area (Å²) in [6.07, 6.45) is 1.03. The minimum atomic E-state index is -1.24. The number of rotatable bonds is 6. The molecular formula is C10H14O5. The number of ether oxygens (including phenoxy) is 1. The number of carbonyl (C=O) groups is 4. The summed E-state index contributed by atoms with van der Waals surface area (Å²) in [6, 6.07) is 0. The molecule has 0 aliphatic carbocycles. The van der Waals surface area contributed by atoms with Crippen LogP contribution in [0.2, 0.25) is 0 Å². The van der Waals surface area contributed by atoms with E-state index in [0.717, 1.165) is 0 Å². The van der Waals surface area contributed by atoms with Gasteiger partial charge in [0.05, 0.1) is 0 Å². The second-order valence-corrected chi connectivity index (χ2v) is 3.02. The second-order valence-electron chi connectivity index (χ2n) is 3.02. The first kappa shape index (κ1) is 13.5. The van der Waals surface area contributed by atoms with E-state index in [2.05, 4.69) is 4.74 Å². The number of hydrogen-bond acceptors (Lipinski definition) is 5. The average molecular weight is 214 g/mol. The van der Waals surface area contributed by atoms with Crippen LogP contribution in [-0.2, 0) is 23.9 Å². The molecule has 0 fully saturated rings. The summed E-state index contributed by atoms with van der Waals surface area (Å²) in [5.41, 5.74) is 0. The Kier molecular flexibility index (Phi) is 6.17. The molecule has 0 saturated carbocycles. The van der Waals surface area contributed by atoms with Crippen LogP contribution in [-0.4, -0.2) is 23.5 Å². The molecule has 0 rings (SSSR count). The van der Waals surface area contributed by atoms with Gasteiger partial charge in [0.1, 0.15) is 0 Å². The molecule has 0 heterocycles. The first-order chi connectivity index (χ1) is 7.02. The Bertz CT molecular complexity index is 252. The van der Waals surface area contributed by atoms with Crippen molar-refractivity contribution in [3.8, 4) is 0 Å². The molecule has 0 unspecified atom stereocenters. The smallest absolute Gasteiger partial charge is 0.381 e. The maximum Gasteiger partial charge on any atom is 0.382 e. The summed E-state index contributed by atoms with van der Waals surface area (Å²) >= 11 is 0. The van der Waals surface area contributed by atoms with E-state index in [1.165, 1.54) is 0 Å². The van der Waals surface area contributed by atoms with Gasteiger partial charge < -0.3 is 4.74 Å². The third-order valence-electron chi connectivity index (χ3n) is 1.59. The van der Waals surface area contributed by atoms with Gasteiger partial charge in [0.25, 0.3) is 0 Å². The van der Waals surface area contributed by atoms with Crippen LogP contribution >= 0.6 is 0 Å². The fourth-order valence-corrected chi connectivity index (χ4v) is 0.856. The number of esters is 2. The van der Waals surface area contributed by atoms with Gasteiger partial charge in [0, 0.05) is 12.8 Å². The highest BCUT2D eigenvalue weighted by molar-refractivity contribution is 6.42. The molecule has 0 aliphatic rings. The predicted octanol–water partition coefficient (Wildman–Crippen LogP) is 0.795. The number of carbonyl (C=O) groups excluding carboxylic acids is 4. The fraction of sp³-hybridized carbons (Fsp3) is 0.600. The van der Waals surface area contributed by atoms with Gasteiger partial charge in [-0.25, -0.2) is 9.59 Å². The lowest BCUT2D eigenvalue weighted by Gasteiger charge is -1.99. The van der Waals surface area contributed by atoms with Crippen LogP contribution in [0.3, 0.4) is 0 Å². The van der Waals surface area contributed by atoms with Crippen LogP contribution in [0.1, 0.15) is 39.5 Å². The molecule has 0 atom stereocenters. The normalized spacial score (nSPS) is 9.47. The topological polar surface area (TPSA) is 77.5 Å². The summed E-state index contributed by atoms with van der Waals surface area (Å²) in [4.78, 5) is 43.7. The molecule has 15 heavy (non-hydrogen) atoms. The first-order valence-electron chi connectivity index (χ1n) is 4.85. The highest BCUT2D eigenvalue weighted by atomic mass is 16.6. The van der Waals surface area contributed by atoms with E-state index in [9.17, 15) is 19.2 Å². The Morgan fingerprint density at radius 1 is 0.800 bits per heavy atom. The van der Waals surface area contributed by atoms with Crippen LogP contribution in [0.4, 0.5) is 0 Å². The minimum absolute atomic E-state index is 0.0219. The number of ketones is 2. The van der Waals surface area contributed by atoms with Crippen molar-refractivity contribution in [1.82, 2.24) is 0 Å². The van der Waals surface area contributed by atoms with Gasteiger partial charge in [-0.1, -0.05) is 13.8 Å². The Labute approximate surface area is 87.8 Å². The van der Waals surface area contributed by atoms with Gasteiger partial charge in [-0.05, 0) is 12.8 Å². The third kappa shape index (κ3) is 5.05. The number of hydrogen-bond donors (Lipinski definition) is 0. The van der Waals surface area contributed by atoms with E-state index in [1.807, 2.05) is 0 Å². The lowest BCUT2D eigenvalue weighted by molar-refractivity contribution is -0.167. The SMILES string of the molecule is CCCC(=O)C(=O)OC(=O)C(=O)CCC. The van der Waals surface area contributed by atoms with E-state index < -0.39 is 23.5 Å². The molecule has 84 valence electrons. The van der Waals surface area contributed by atoms with Crippen LogP contribution < -0.4 is 0 Å². The fourth-order valence-electron chi connectivity index (χ4n) is 0.856. The van der Waals surface area contributed by atoms with E-state index in [0.29, 0.717) is 12.8 Å². The summed E-state index contributed by atoms with van der Waals surface area (Å²) in [6.45, 7) is 3.43. The van der Waals surface area contributed by atoms with Crippen molar-refractivity contribution in [1.29, 1.82) is 0 Å². The van der Waals surface area contributed by atoms with Gasteiger partial charge in [-0.3, -0.25) is 9.59 Å². The molecule has 0 aromatic carbocycles. The molecule has 0 aromatic heterocycles. The monoisotopic (exact) mass is 214 g/mol. The van der Waals surface area contributed by atoms with Crippen LogP contribution in [0.25, 0.3) is 0 Å². The van der Waals surface area contributed by atoms with Crippen molar-refractivity contribution in [3.63, 3.8) is 0 Å². The largest absolute Gasteiger partial charge is 0.382 e. The molecular weight excluding hydrogens is 200 g/mol. The van der Waals surface area contributed by atoms with Crippen LogP contribution in [0.15, 0.2) is 0 Å². The van der Waals surface area contributed by atoms with E-state index in [-0.39, 0.29) is 12.8 Å². The Balaban J connectivity index is 4.12. The standard InChI is InChI=1S/C10H14O5/c1-3-5-7(11)9(13)15-10(14)8(12)6-4-2/h3-6H2,1-2H3. The van der Waals surface area contributed by atoms with E-state index in [4.69, 9.17) is 0 Å². The Morgan fingerprint density at radius 2 is 1.13 bits per heavy atom. The lowest BCUT2D eigenvalue weighted by atomic mass is 10.2. The highest BCUT2D eigenvalue weighted by Crippen LogP contribution is 1.96.